The number of rotatable bonds is 8. The molecular weight excluding hydrogens is 396 g/mol. The molecule has 0 bridgehead atoms. The fourth-order valence-electron chi connectivity index (χ4n) is 3.02. The highest BCUT2D eigenvalue weighted by Gasteiger charge is 2.22. The van der Waals surface area contributed by atoms with Crippen LogP contribution >= 0.6 is 0 Å². The molecule has 2 aromatic heterocycles. The highest BCUT2D eigenvalue weighted by Crippen LogP contribution is 2.21. The molecule has 0 atom stereocenters. The van der Waals surface area contributed by atoms with Crippen molar-refractivity contribution in [3.8, 4) is 5.75 Å². The lowest BCUT2D eigenvalue weighted by Crippen LogP contribution is -2.26. The quantitative estimate of drug-likeness (QED) is 0.587. The molecule has 0 saturated carbocycles. The Labute approximate surface area is 181 Å². The van der Waals surface area contributed by atoms with Gasteiger partial charge in [0.1, 0.15) is 23.8 Å². The van der Waals surface area contributed by atoms with Gasteiger partial charge in [-0.25, -0.2) is 0 Å². The molecule has 0 saturated heterocycles. The van der Waals surface area contributed by atoms with Gasteiger partial charge in [0.05, 0.1) is 11.9 Å². The van der Waals surface area contributed by atoms with E-state index < -0.39 is 5.91 Å². The van der Waals surface area contributed by atoms with Crippen molar-refractivity contribution in [2.75, 3.05) is 19.4 Å². The molecule has 31 heavy (non-hydrogen) atoms. The molecule has 0 aliphatic heterocycles. The number of benzene rings is 1. The minimum atomic E-state index is -0.462. The van der Waals surface area contributed by atoms with Crippen LogP contribution in [0.5, 0.6) is 5.75 Å². The van der Waals surface area contributed by atoms with Crippen molar-refractivity contribution in [2.24, 2.45) is 0 Å². The second-order valence-corrected chi connectivity index (χ2v) is 7.65. The Morgan fingerprint density at radius 1 is 1.16 bits per heavy atom. The van der Waals surface area contributed by atoms with Crippen molar-refractivity contribution in [1.29, 1.82) is 0 Å². The van der Waals surface area contributed by atoms with Crippen LogP contribution in [0.15, 0.2) is 47.0 Å². The fourth-order valence-corrected chi connectivity index (χ4v) is 3.02. The summed E-state index contributed by atoms with van der Waals surface area (Å²) in [6, 6.07) is 11.2. The molecule has 0 spiro atoms. The Morgan fingerprint density at radius 2 is 1.87 bits per heavy atom. The van der Waals surface area contributed by atoms with Gasteiger partial charge in [0.2, 0.25) is 0 Å². The predicted molar refractivity (Wildman–Crippen MR) is 117 cm³/mol. The Kier molecular flexibility index (Phi) is 6.79. The number of carbonyl (C=O) groups excluding carboxylic acids is 2. The summed E-state index contributed by atoms with van der Waals surface area (Å²) in [5.41, 5.74) is 1.90. The highest BCUT2D eigenvalue weighted by atomic mass is 16.5. The first kappa shape index (κ1) is 22.1. The van der Waals surface area contributed by atoms with E-state index in [1.165, 1.54) is 16.7 Å². The number of aryl methyl sites for hydroxylation is 1. The third-order valence-electron chi connectivity index (χ3n) is 4.81. The lowest BCUT2D eigenvalue weighted by Gasteiger charge is -2.13. The number of hydrogen-bond donors (Lipinski definition) is 1. The Morgan fingerprint density at radius 3 is 2.48 bits per heavy atom. The van der Waals surface area contributed by atoms with Gasteiger partial charge < -0.3 is 19.4 Å². The van der Waals surface area contributed by atoms with Crippen molar-refractivity contribution < 1.29 is 18.7 Å². The fraction of sp³-hybridized carbons (Fsp3) is 0.348. The van der Waals surface area contributed by atoms with Crippen LogP contribution in [0, 0.1) is 0 Å². The van der Waals surface area contributed by atoms with Crippen molar-refractivity contribution in [1.82, 2.24) is 14.7 Å². The van der Waals surface area contributed by atoms with Crippen LogP contribution < -0.4 is 10.1 Å². The zero-order chi connectivity index (χ0) is 22.5. The molecule has 0 radical (unpaired) electrons. The van der Waals surface area contributed by atoms with Crippen LogP contribution in [0.4, 0.5) is 5.69 Å². The number of nitrogens with one attached hydrogen (secondary N) is 1. The molecule has 0 unspecified atom stereocenters. The van der Waals surface area contributed by atoms with Gasteiger partial charge in [-0.05, 0) is 42.7 Å². The van der Waals surface area contributed by atoms with Gasteiger partial charge in [0.25, 0.3) is 11.8 Å². The molecule has 0 fully saturated rings. The van der Waals surface area contributed by atoms with E-state index in [0.29, 0.717) is 29.6 Å². The van der Waals surface area contributed by atoms with E-state index in [1.807, 2.05) is 31.2 Å². The smallest absolute Gasteiger partial charge is 0.291 e. The highest BCUT2D eigenvalue weighted by molar-refractivity contribution is 6.07. The Balaban J connectivity index is 1.65. The number of aromatic nitrogens is 2. The van der Waals surface area contributed by atoms with Gasteiger partial charge in [-0.2, -0.15) is 5.10 Å². The predicted octanol–water partition coefficient (Wildman–Crippen LogP) is 4.15. The van der Waals surface area contributed by atoms with Crippen LogP contribution in [0.1, 0.15) is 59.1 Å². The normalized spacial score (nSPS) is 10.9. The molecule has 2 heterocycles. The monoisotopic (exact) mass is 424 g/mol. The molecule has 8 heteroatoms. The second-order valence-electron chi connectivity index (χ2n) is 7.65. The summed E-state index contributed by atoms with van der Waals surface area (Å²) in [6.07, 6.45) is 1.46. The number of ether oxygens (including phenoxy) is 1. The average molecular weight is 425 g/mol. The zero-order valence-electron chi connectivity index (χ0n) is 18.5. The van der Waals surface area contributed by atoms with Gasteiger partial charge in [0, 0.05) is 20.6 Å². The van der Waals surface area contributed by atoms with Crippen molar-refractivity contribution in [3.63, 3.8) is 0 Å². The molecule has 2 amide bonds. The molecule has 3 aromatic rings. The maximum Gasteiger partial charge on any atom is 0.291 e. The summed E-state index contributed by atoms with van der Waals surface area (Å²) < 4.78 is 12.9. The Hall–Kier alpha value is -3.55. The number of furan rings is 1. The van der Waals surface area contributed by atoms with E-state index >= 15 is 0 Å². The third kappa shape index (κ3) is 5.14. The topological polar surface area (TPSA) is 89.6 Å². The van der Waals surface area contributed by atoms with Crippen LogP contribution in [-0.4, -0.2) is 40.6 Å². The molecule has 1 N–H and O–H groups in total. The number of nitrogens with zero attached hydrogens (tertiary/aromatic N) is 3. The van der Waals surface area contributed by atoms with Crippen LogP contribution in [-0.2, 0) is 13.2 Å². The maximum atomic E-state index is 12.6. The second kappa shape index (κ2) is 9.51. The molecular formula is C23H28N4O4. The first-order valence-corrected chi connectivity index (χ1v) is 10.2. The van der Waals surface area contributed by atoms with Crippen LogP contribution in [0.3, 0.4) is 0 Å². The number of hydrogen-bond acceptors (Lipinski definition) is 5. The van der Waals surface area contributed by atoms with E-state index in [-0.39, 0.29) is 18.3 Å². The van der Waals surface area contributed by atoms with E-state index in [9.17, 15) is 9.59 Å². The van der Waals surface area contributed by atoms with E-state index in [2.05, 4.69) is 24.3 Å². The number of carbonyl (C=O) groups is 2. The Bertz CT molecular complexity index is 1050. The SMILES string of the molecule is CCn1ncc(NC(=O)c2ccc(COc3ccc(C(C)C)cc3)o2)c1C(=O)N(C)C. The van der Waals surface area contributed by atoms with Gasteiger partial charge in [0.15, 0.2) is 5.76 Å². The van der Waals surface area contributed by atoms with Gasteiger partial charge in [-0.3, -0.25) is 14.3 Å². The zero-order valence-corrected chi connectivity index (χ0v) is 18.5. The summed E-state index contributed by atoms with van der Waals surface area (Å²) in [6.45, 7) is 6.85. The number of amides is 2. The number of anilines is 1. The largest absolute Gasteiger partial charge is 0.486 e. The molecule has 164 valence electrons. The molecule has 8 nitrogen and oxygen atoms in total. The first-order valence-electron chi connectivity index (χ1n) is 10.2. The van der Waals surface area contributed by atoms with Crippen LogP contribution in [0.2, 0.25) is 0 Å². The third-order valence-corrected chi connectivity index (χ3v) is 4.81. The lowest BCUT2D eigenvalue weighted by molar-refractivity contribution is 0.0816. The van der Waals surface area contributed by atoms with Crippen molar-refractivity contribution in [2.45, 2.75) is 39.8 Å². The first-order chi connectivity index (χ1) is 14.8. The summed E-state index contributed by atoms with van der Waals surface area (Å²) in [5.74, 6) is 1.12. The molecule has 3 rings (SSSR count). The summed E-state index contributed by atoms with van der Waals surface area (Å²) in [7, 11) is 3.30. The minimum absolute atomic E-state index is 0.126. The molecule has 0 aliphatic rings. The maximum absolute atomic E-state index is 12.6. The minimum Gasteiger partial charge on any atom is -0.486 e. The van der Waals surface area contributed by atoms with Crippen LogP contribution in [0.25, 0.3) is 0 Å². The van der Waals surface area contributed by atoms with E-state index in [0.717, 1.165) is 5.75 Å². The standard InChI is InChI=1S/C23H28N4O4/c1-6-27-21(23(29)26(4)5)19(13-24-27)25-22(28)20-12-11-18(31-20)14-30-17-9-7-16(8-10-17)15(2)3/h7-13,15H,6,14H2,1-5H3,(H,25,28). The lowest BCUT2D eigenvalue weighted by atomic mass is 10.0. The van der Waals surface area contributed by atoms with Gasteiger partial charge in [-0.1, -0.05) is 26.0 Å². The van der Waals surface area contributed by atoms with Crippen molar-refractivity contribution >= 4 is 17.5 Å². The van der Waals surface area contributed by atoms with E-state index in [1.54, 1.807) is 30.9 Å². The summed E-state index contributed by atoms with van der Waals surface area (Å²) >= 11 is 0. The summed E-state index contributed by atoms with van der Waals surface area (Å²) in [4.78, 5) is 26.6. The molecule has 1 aromatic carbocycles. The average Bonchev–Trinajstić information content (AvgIpc) is 3.38. The summed E-state index contributed by atoms with van der Waals surface area (Å²) in [5, 5.41) is 6.89. The van der Waals surface area contributed by atoms with Crippen molar-refractivity contribution in [3.05, 3.63) is 65.4 Å². The van der Waals surface area contributed by atoms with E-state index in [4.69, 9.17) is 9.15 Å². The van der Waals surface area contributed by atoms with Gasteiger partial charge in [-0.15, -0.1) is 0 Å². The molecule has 0 aliphatic carbocycles. The van der Waals surface area contributed by atoms with Gasteiger partial charge >= 0.3 is 0 Å².